The summed E-state index contributed by atoms with van der Waals surface area (Å²) in [6, 6.07) is 10.4. The summed E-state index contributed by atoms with van der Waals surface area (Å²) in [7, 11) is 1.42. The summed E-state index contributed by atoms with van der Waals surface area (Å²) in [5.74, 6) is 0.0788. The summed E-state index contributed by atoms with van der Waals surface area (Å²) in [5, 5.41) is 0.771. The largest absolute Gasteiger partial charge is 0.469 e. The Morgan fingerprint density at radius 2 is 1.71 bits per heavy atom. The molecule has 180 valence electrons. The third-order valence-electron chi connectivity index (χ3n) is 6.95. The van der Waals surface area contributed by atoms with Crippen LogP contribution in [-0.2, 0) is 27.2 Å². The van der Waals surface area contributed by atoms with Gasteiger partial charge < -0.3 is 9.64 Å². The number of fused-ring (bicyclic) bond motifs is 2. The van der Waals surface area contributed by atoms with Gasteiger partial charge in [0.05, 0.1) is 12.8 Å². The molecule has 1 aromatic heterocycles. The number of piperidine rings is 1. The molecular weight excluding hydrogens is 448 g/mol. The van der Waals surface area contributed by atoms with Gasteiger partial charge in [-0.05, 0) is 73.4 Å². The van der Waals surface area contributed by atoms with Gasteiger partial charge in [-0.25, -0.2) is 0 Å². The minimum atomic E-state index is -0.161. The summed E-state index contributed by atoms with van der Waals surface area (Å²) in [5.41, 5.74) is 7.52. The molecule has 0 bridgehead atoms. The monoisotopic (exact) mass is 480 g/mol. The van der Waals surface area contributed by atoms with Crippen molar-refractivity contribution < 1.29 is 14.3 Å². The molecule has 6 heteroatoms. The molecule has 2 aromatic rings. The Hall–Kier alpha value is -2.66. The number of esters is 1. The van der Waals surface area contributed by atoms with E-state index in [1.807, 2.05) is 23.2 Å². The third kappa shape index (κ3) is 5.87. The van der Waals surface area contributed by atoms with Crippen molar-refractivity contribution in [3.8, 4) is 0 Å². The van der Waals surface area contributed by atoms with Gasteiger partial charge in [0.15, 0.2) is 0 Å². The van der Waals surface area contributed by atoms with Crippen LogP contribution in [-0.4, -0.2) is 42.0 Å². The van der Waals surface area contributed by atoms with Crippen LogP contribution in [0.5, 0.6) is 0 Å². The zero-order valence-electron chi connectivity index (χ0n) is 19.9. The Labute approximate surface area is 207 Å². The number of amides is 1. The number of methoxy groups -OCH3 is 1. The van der Waals surface area contributed by atoms with Gasteiger partial charge >= 0.3 is 5.97 Å². The predicted octanol–water partition coefficient (Wildman–Crippen LogP) is 5.77. The van der Waals surface area contributed by atoms with E-state index in [4.69, 9.17) is 16.6 Å². The van der Waals surface area contributed by atoms with Crippen molar-refractivity contribution in [2.24, 2.45) is 0 Å². The van der Waals surface area contributed by atoms with Crippen molar-refractivity contribution in [2.75, 3.05) is 20.2 Å². The van der Waals surface area contributed by atoms with Gasteiger partial charge in [0, 0.05) is 42.7 Å². The lowest BCUT2D eigenvalue weighted by atomic mass is 9.88. The zero-order chi connectivity index (χ0) is 23.9. The smallest absolute Gasteiger partial charge is 0.305 e. The number of likely N-dealkylation sites (tertiary alicyclic amines) is 1. The van der Waals surface area contributed by atoms with Crippen LogP contribution < -0.4 is 0 Å². The molecule has 1 aliphatic carbocycles. The van der Waals surface area contributed by atoms with E-state index in [-0.39, 0.29) is 11.9 Å². The van der Waals surface area contributed by atoms with E-state index < -0.39 is 0 Å². The molecule has 2 aliphatic rings. The normalized spacial score (nSPS) is 15.4. The maximum Gasteiger partial charge on any atom is 0.305 e. The molecule has 1 fully saturated rings. The second kappa shape index (κ2) is 11.7. The van der Waals surface area contributed by atoms with E-state index >= 15 is 0 Å². The number of hydrogen-bond donors (Lipinski definition) is 0. The first-order valence-electron chi connectivity index (χ1n) is 12.4. The van der Waals surface area contributed by atoms with Crippen molar-refractivity contribution in [3.63, 3.8) is 0 Å². The highest BCUT2D eigenvalue weighted by atomic mass is 35.5. The summed E-state index contributed by atoms with van der Waals surface area (Å²) in [6.07, 6.45) is 10.2. The Morgan fingerprint density at radius 1 is 0.971 bits per heavy atom. The summed E-state index contributed by atoms with van der Waals surface area (Å²) < 4.78 is 4.66. The molecule has 0 atom stereocenters. The van der Waals surface area contributed by atoms with Crippen LogP contribution in [0.25, 0.3) is 5.57 Å². The van der Waals surface area contributed by atoms with Crippen LogP contribution in [0, 0.1) is 0 Å². The lowest BCUT2D eigenvalue weighted by Crippen LogP contribution is -2.36. The molecular formula is C28H33ClN2O3. The standard InChI is InChI=1S/C28H33ClN2O3/c1-34-26(33)9-5-3-2-4-8-25(32)31-17-14-20(15-18-31)27-24-13-12-23(29)19-22(24)11-10-21-7-6-16-30-28(21)27/h6-7,12-13,16,19H,2-5,8-11,14-15,17-18H2,1H3. The van der Waals surface area contributed by atoms with Crippen LogP contribution >= 0.6 is 11.6 Å². The molecule has 1 aromatic carbocycles. The Balaban J connectivity index is 1.40. The number of ether oxygens (including phenoxy) is 1. The first-order valence-corrected chi connectivity index (χ1v) is 12.7. The van der Waals surface area contributed by atoms with Gasteiger partial charge in [-0.3, -0.25) is 14.6 Å². The molecule has 0 unspecified atom stereocenters. The fraction of sp³-hybridized carbons (Fsp3) is 0.464. The first-order chi connectivity index (χ1) is 16.6. The Morgan fingerprint density at radius 3 is 2.47 bits per heavy atom. The van der Waals surface area contributed by atoms with Crippen molar-refractivity contribution >= 4 is 29.1 Å². The fourth-order valence-electron chi connectivity index (χ4n) is 5.07. The lowest BCUT2D eigenvalue weighted by Gasteiger charge is -2.30. The number of hydrogen-bond acceptors (Lipinski definition) is 4. The predicted molar refractivity (Wildman–Crippen MR) is 135 cm³/mol. The number of halogens is 1. The Bertz CT molecular complexity index is 1070. The number of carbonyl (C=O) groups excluding carboxylic acids is 2. The molecule has 0 radical (unpaired) electrons. The summed E-state index contributed by atoms with van der Waals surface area (Å²) in [4.78, 5) is 30.7. The minimum Gasteiger partial charge on any atom is -0.469 e. The van der Waals surface area contributed by atoms with Crippen molar-refractivity contribution in [1.82, 2.24) is 9.88 Å². The maximum absolute atomic E-state index is 12.8. The number of aromatic nitrogens is 1. The molecule has 34 heavy (non-hydrogen) atoms. The van der Waals surface area contributed by atoms with Gasteiger partial charge in [-0.15, -0.1) is 0 Å². The van der Waals surface area contributed by atoms with Crippen LogP contribution in [0.15, 0.2) is 42.1 Å². The van der Waals surface area contributed by atoms with Crippen molar-refractivity contribution in [2.45, 2.75) is 64.2 Å². The number of aryl methyl sites for hydroxylation is 2. The van der Waals surface area contributed by atoms with E-state index in [1.165, 1.54) is 34.9 Å². The number of carbonyl (C=O) groups is 2. The molecule has 0 saturated carbocycles. The first kappa shape index (κ1) is 24.5. The molecule has 1 aliphatic heterocycles. The number of rotatable bonds is 7. The van der Waals surface area contributed by atoms with Gasteiger partial charge in [0.25, 0.3) is 0 Å². The highest BCUT2D eigenvalue weighted by Crippen LogP contribution is 2.38. The van der Waals surface area contributed by atoms with Gasteiger partial charge in [0.2, 0.25) is 5.91 Å². The van der Waals surface area contributed by atoms with Gasteiger partial charge in [0.1, 0.15) is 0 Å². The highest BCUT2D eigenvalue weighted by Gasteiger charge is 2.26. The molecule has 0 spiro atoms. The number of nitrogens with zero attached hydrogens (tertiary/aromatic N) is 2. The summed E-state index contributed by atoms with van der Waals surface area (Å²) in [6.45, 7) is 1.51. The second-order valence-electron chi connectivity index (χ2n) is 9.16. The topological polar surface area (TPSA) is 59.5 Å². The molecule has 1 amide bonds. The Kier molecular flexibility index (Phi) is 8.39. The van der Waals surface area contributed by atoms with Crippen LogP contribution in [0.1, 0.15) is 73.8 Å². The van der Waals surface area contributed by atoms with E-state index in [1.54, 1.807) is 0 Å². The van der Waals surface area contributed by atoms with Crippen molar-refractivity contribution in [3.05, 3.63) is 69.5 Å². The minimum absolute atomic E-state index is 0.161. The number of pyridine rings is 1. The quantitative estimate of drug-likeness (QED) is 0.372. The lowest BCUT2D eigenvalue weighted by molar-refractivity contribution is -0.140. The molecule has 0 N–H and O–H groups in total. The maximum atomic E-state index is 12.8. The number of unbranched alkanes of at least 4 members (excludes halogenated alkanes) is 3. The fourth-order valence-corrected chi connectivity index (χ4v) is 5.26. The molecule has 2 heterocycles. The zero-order valence-corrected chi connectivity index (χ0v) is 20.7. The SMILES string of the molecule is COC(=O)CCCCCCC(=O)N1CCC(=C2c3ccc(Cl)cc3CCc3cccnc32)CC1. The number of benzene rings is 1. The molecule has 5 nitrogen and oxygen atoms in total. The van der Waals surface area contributed by atoms with E-state index in [9.17, 15) is 9.59 Å². The van der Waals surface area contributed by atoms with Gasteiger partial charge in [-0.1, -0.05) is 42.1 Å². The van der Waals surface area contributed by atoms with E-state index in [0.29, 0.717) is 12.8 Å². The van der Waals surface area contributed by atoms with Crippen LogP contribution in [0.3, 0.4) is 0 Å². The van der Waals surface area contributed by atoms with Gasteiger partial charge in [-0.2, -0.15) is 0 Å². The average molecular weight is 481 g/mol. The second-order valence-corrected chi connectivity index (χ2v) is 9.60. The average Bonchev–Trinajstić information content (AvgIpc) is 3.02. The van der Waals surface area contributed by atoms with Crippen LogP contribution in [0.2, 0.25) is 5.02 Å². The van der Waals surface area contributed by atoms with E-state index in [0.717, 1.165) is 75.2 Å². The molecule has 4 rings (SSSR count). The third-order valence-corrected chi connectivity index (χ3v) is 7.19. The van der Waals surface area contributed by atoms with Crippen LogP contribution in [0.4, 0.5) is 0 Å². The van der Waals surface area contributed by atoms with Crippen molar-refractivity contribution in [1.29, 1.82) is 0 Å². The molecule has 1 saturated heterocycles. The highest BCUT2D eigenvalue weighted by molar-refractivity contribution is 6.30. The van der Waals surface area contributed by atoms with E-state index in [2.05, 4.69) is 22.9 Å². The summed E-state index contributed by atoms with van der Waals surface area (Å²) >= 11 is 6.32.